The van der Waals surface area contributed by atoms with Crippen LogP contribution in [0.25, 0.3) is 0 Å². The lowest BCUT2D eigenvalue weighted by Crippen LogP contribution is -2.34. The molecular weight excluding hydrogens is 378 g/mol. The molecule has 1 N–H and O–H groups in total. The first kappa shape index (κ1) is 15.0. The van der Waals surface area contributed by atoms with Crippen LogP contribution in [0, 0.1) is 0 Å². The molecule has 1 atom stereocenters. The van der Waals surface area contributed by atoms with Crippen molar-refractivity contribution in [3.05, 3.63) is 32.7 Å². The molecule has 1 unspecified atom stereocenters. The number of rotatable bonds is 3. The van der Waals surface area contributed by atoms with E-state index < -0.39 is 5.79 Å². The summed E-state index contributed by atoms with van der Waals surface area (Å²) < 4.78 is 12.7. The summed E-state index contributed by atoms with van der Waals surface area (Å²) in [7, 11) is 0. The zero-order chi connectivity index (χ0) is 14.0. The molecule has 6 heteroatoms. The topological polar surface area (TPSA) is 47.6 Å². The number of nitrogens with one attached hydrogen (secondary N) is 1. The molecule has 104 valence electrons. The zero-order valence-corrected chi connectivity index (χ0v) is 13.9. The lowest BCUT2D eigenvalue weighted by Gasteiger charge is -2.17. The molecule has 4 nitrogen and oxygen atoms in total. The second-order valence-electron chi connectivity index (χ2n) is 4.78. The van der Waals surface area contributed by atoms with Crippen LogP contribution in [0.2, 0.25) is 0 Å². The van der Waals surface area contributed by atoms with Crippen LogP contribution >= 0.6 is 31.9 Å². The maximum atomic E-state index is 12.1. The SMILES string of the molecule is CC1(C)OCC(CNC(=O)c2cc(Br)ccc2Br)O1. The van der Waals surface area contributed by atoms with Crippen molar-refractivity contribution in [1.82, 2.24) is 5.32 Å². The number of carbonyl (C=O) groups is 1. The van der Waals surface area contributed by atoms with Gasteiger partial charge >= 0.3 is 0 Å². The third kappa shape index (κ3) is 4.02. The van der Waals surface area contributed by atoms with Crippen LogP contribution in [0.4, 0.5) is 0 Å². The average molecular weight is 393 g/mol. The maximum Gasteiger partial charge on any atom is 0.252 e. The predicted molar refractivity (Wildman–Crippen MR) is 79.1 cm³/mol. The molecule has 19 heavy (non-hydrogen) atoms. The summed E-state index contributed by atoms with van der Waals surface area (Å²) in [5, 5.41) is 2.85. The van der Waals surface area contributed by atoms with Crippen molar-refractivity contribution < 1.29 is 14.3 Å². The average Bonchev–Trinajstić information content (AvgIpc) is 2.69. The molecule has 0 spiro atoms. The van der Waals surface area contributed by atoms with E-state index in [1.54, 1.807) is 6.07 Å². The highest BCUT2D eigenvalue weighted by atomic mass is 79.9. The first-order valence-electron chi connectivity index (χ1n) is 5.92. The standard InChI is InChI=1S/C13H15Br2NO3/c1-13(2)18-7-9(19-13)6-16-12(17)10-5-8(14)3-4-11(10)15/h3-5,9H,6-7H2,1-2H3,(H,16,17). The molecule has 0 saturated carbocycles. The molecule has 1 aromatic rings. The summed E-state index contributed by atoms with van der Waals surface area (Å²) in [4.78, 5) is 12.1. The van der Waals surface area contributed by atoms with Crippen LogP contribution in [-0.4, -0.2) is 30.9 Å². The minimum Gasteiger partial charge on any atom is -0.349 e. The molecule has 1 aromatic carbocycles. The second-order valence-corrected chi connectivity index (χ2v) is 6.55. The predicted octanol–water partition coefficient (Wildman–Crippen LogP) is 3.09. The number of halogens is 2. The van der Waals surface area contributed by atoms with Crippen LogP contribution in [0.1, 0.15) is 24.2 Å². The van der Waals surface area contributed by atoms with Gasteiger partial charge in [-0.05, 0) is 48.0 Å². The number of hydrogen-bond acceptors (Lipinski definition) is 3. The fourth-order valence-corrected chi connectivity index (χ4v) is 2.62. The van der Waals surface area contributed by atoms with Crippen molar-refractivity contribution in [2.24, 2.45) is 0 Å². The number of carbonyl (C=O) groups excluding carboxylic acids is 1. The third-order valence-corrected chi connectivity index (χ3v) is 3.92. The number of ether oxygens (including phenoxy) is 2. The van der Waals surface area contributed by atoms with E-state index in [0.29, 0.717) is 18.7 Å². The molecule has 1 aliphatic heterocycles. The van der Waals surface area contributed by atoms with Crippen molar-refractivity contribution in [2.75, 3.05) is 13.2 Å². The van der Waals surface area contributed by atoms with Gasteiger partial charge in [-0.1, -0.05) is 15.9 Å². The molecule has 0 radical (unpaired) electrons. The Bertz CT molecular complexity index is 491. The third-order valence-electron chi connectivity index (χ3n) is 2.73. The van der Waals surface area contributed by atoms with E-state index in [4.69, 9.17) is 9.47 Å². The Morgan fingerprint density at radius 1 is 1.47 bits per heavy atom. The van der Waals surface area contributed by atoms with Gasteiger partial charge in [0.05, 0.1) is 12.2 Å². The van der Waals surface area contributed by atoms with Crippen molar-refractivity contribution in [3.8, 4) is 0 Å². The lowest BCUT2D eigenvalue weighted by molar-refractivity contribution is -0.137. The van der Waals surface area contributed by atoms with Crippen LogP contribution in [0.5, 0.6) is 0 Å². The fraction of sp³-hybridized carbons (Fsp3) is 0.462. The molecule has 1 saturated heterocycles. The Kier molecular flexibility index (Phi) is 4.66. The van der Waals surface area contributed by atoms with Crippen molar-refractivity contribution in [2.45, 2.75) is 25.7 Å². The van der Waals surface area contributed by atoms with Crippen molar-refractivity contribution in [3.63, 3.8) is 0 Å². The molecule has 1 heterocycles. The molecule has 0 aliphatic carbocycles. The minimum absolute atomic E-state index is 0.107. The van der Waals surface area contributed by atoms with E-state index in [1.807, 2.05) is 26.0 Å². The highest BCUT2D eigenvalue weighted by Gasteiger charge is 2.32. The molecular formula is C13H15Br2NO3. The van der Waals surface area contributed by atoms with E-state index in [-0.39, 0.29) is 12.0 Å². The Morgan fingerprint density at radius 3 is 2.84 bits per heavy atom. The van der Waals surface area contributed by atoms with E-state index in [1.165, 1.54) is 0 Å². The quantitative estimate of drug-likeness (QED) is 0.859. The fourth-order valence-electron chi connectivity index (χ4n) is 1.84. The van der Waals surface area contributed by atoms with Gasteiger partial charge in [0.15, 0.2) is 5.79 Å². The summed E-state index contributed by atoms with van der Waals surface area (Å²) in [5.74, 6) is -0.701. The van der Waals surface area contributed by atoms with Gasteiger partial charge in [0, 0.05) is 15.5 Å². The number of hydrogen-bond donors (Lipinski definition) is 1. The summed E-state index contributed by atoms with van der Waals surface area (Å²) in [6.07, 6.45) is -0.107. The highest BCUT2D eigenvalue weighted by molar-refractivity contribution is 9.11. The van der Waals surface area contributed by atoms with Gasteiger partial charge in [0.25, 0.3) is 5.91 Å². The molecule has 2 rings (SSSR count). The van der Waals surface area contributed by atoms with Gasteiger partial charge < -0.3 is 14.8 Å². The molecule has 1 aliphatic rings. The summed E-state index contributed by atoms with van der Waals surface area (Å²) in [6.45, 7) is 4.65. The summed E-state index contributed by atoms with van der Waals surface area (Å²) in [5.41, 5.74) is 0.590. The van der Waals surface area contributed by atoms with E-state index in [9.17, 15) is 4.79 Å². The van der Waals surface area contributed by atoms with Gasteiger partial charge in [-0.3, -0.25) is 4.79 Å². The molecule has 1 fully saturated rings. The van der Waals surface area contributed by atoms with E-state index in [0.717, 1.165) is 8.95 Å². The highest BCUT2D eigenvalue weighted by Crippen LogP contribution is 2.23. The number of benzene rings is 1. The van der Waals surface area contributed by atoms with Crippen LogP contribution in [0.15, 0.2) is 27.1 Å². The molecule has 0 bridgehead atoms. The van der Waals surface area contributed by atoms with E-state index >= 15 is 0 Å². The zero-order valence-electron chi connectivity index (χ0n) is 10.7. The monoisotopic (exact) mass is 391 g/mol. The Labute approximate surface area is 129 Å². The van der Waals surface area contributed by atoms with Crippen LogP contribution < -0.4 is 5.32 Å². The largest absolute Gasteiger partial charge is 0.349 e. The number of amides is 1. The molecule has 0 aromatic heterocycles. The van der Waals surface area contributed by atoms with Crippen LogP contribution in [-0.2, 0) is 9.47 Å². The van der Waals surface area contributed by atoms with Gasteiger partial charge in [-0.2, -0.15) is 0 Å². The van der Waals surface area contributed by atoms with Gasteiger partial charge in [-0.25, -0.2) is 0 Å². The Morgan fingerprint density at radius 2 is 2.21 bits per heavy atom. The van der Waals surface area contributed by atoms with Crippen molar-refractivity contribution >= 4 is 37.8 Å². The van der Waals surface area contributed by atoms with Gasteiger partial charge in [-0.15, -0.1) is 0 Å². The maximum absolute atomic E-state index is 12.1. The van der Waals surface area contributed by atoms with Gasteiger partial charge in [0.2, 0.25) is 0 Å². The lowest BCUT2D eigenvalue weighted by atomic mass is 10.2. The minimum atomic E-state index is -0.564. The second kappa shape index (κ2) is 5.91. The van der Waals surface area contributed by atoms with Crippen molar-refractivity contribution in [1.29, 1.82) is 0 Å². The molecule has 1 amide bonds. The normalized spacial score (nSPS) is 21.4. The Hall–Kier alpha value is -0.430. The first-order valence-corrected chi connectivity index (χ1v) is 7.51. The summed E-state index contributed by atoms with van der Waals surface area (Å²) in [6, 6.07) is 5.48. The van der Waals surface area contributed by atoms with Crippen LogP contribution in [0.3, 0.4) is 0 Å². The Balaban J connectivity index is 1.93. The summed E-state index contributed by atoms with van der Waals surface area (Å²) >= 11 is 6.72. The first-order chi connectivity index (χ1) is 8.87. The van der Waals surface area contributed by atoms with E-state index in [2.05, 4.69) is 37.2 Å². The smallest absolute Gasteiger partial charge is 0.252 e. The van der Waals surface area contributed by atoms with Gasteiger partial charge in [0.1, 0.15) is 6.10 Å².